The Labute approximate surface area is 193 Å². The van der Waals surface area contributed by atoms with Gasteiger partial charge < -0.3 is 4.74 Å². The minimum Gasteiger partial charge on any atom is -0.457 e. The zero-order chi connectivity index (χ0) is 22.1. The van der Waals surface area contributed by atoms with Gasteiger partial charge in [-0.25, -0.2) is 4.99 Å². The van der Waals surface area contributed by atoms with Gasteiger partial charge in [-0.15, -0.1) is 0 Å². The van der Waals surface area contributed by atoms with Crippen LogP contribution in [0.2, 0.25) is 0 Å². The first-order chi connectivity index (χ1) is 15.6. The van der Waals surface area contributed by atoms with E-state index in [2.05, 4.69) is 19.9 Å². The number of rotatable bonds is 3. The number of hydrogen-bond donors (Lipinski definition) is 0. The molecule has 5 heteroatoms. The molecule has 0 bridgehead atoms. The maximum Gasteiger partial charge on any atom is 0.240 e. The quantitative estimate of drug-likeness (QED) is 0.453. The molecule has 1 amide bonds. The summed E-state index contributed by atoms with van der Waals surface area (Å²) in [7, 11) is 0. The molecule has 1 saturated heterocycles. The molecule has 162 valence electrons. The van der Waals surface area contributed by atoms with Crippen molar-refractivity contribution in [2.24, 2.45) is 4.99 Å². The van der Waals surface area contributed by atoms with Crippen LogP contribution in [-0.4, -0.2) is 28.3 Å². The Morgan fingerprint density at radius 3 is 2.28 bits per heavy atom. The van der Waals surface area contributed by atoms with Gasteiger partial charge in [0, 0.05) is 23.4 Å². The Kier molecular flexibility index (Phi) is 5.75. The summed E-state index contributed by atoms with van der Waals surface area (Å²) in [5.74, 6) is 2.48. The van der Waals surface area contributed by atoms with E-state index in [1.165, 1.54) is 5.56 Å². The van der Waals surface area contributed by atoms with Crippen molar-refractivity contribution in [3.05, 3.63) is 89.5 Å². The molecule has 2 heterocycles. The van der Waals surface area contributed by atoms with E-state index < -0.39 is 5.92 Å². The van der Waals surface area contributed by atoms with Crippen LogP contribution in [0.5, 0.6) is 11.5 Å². The molecule has 0 radical (unpaired) electrons. The monoisotopic (exact) mass is 442 g/mol. The van der Waals surface area contributed by atoms with E-state index in [0.29, 0.717) is 12.5 Å². The van der Waals surface area contributed by atoms with Crippen LogP contribution in [0.25, 0.3) is 0 Å². The number of benzene rings is 3. The number of ether oxygens (including phenoxy) is 1. The van der Waals surface area contributed by atoms with Crippen molar-refractivity contribution in [1.82, 2.24) is 4.90 Å². The molecule has 2 aliphatic rings. The Morgan fingerprint density at radius 1 is 0.969 bits per heavy atom. The molecule has 4 nitrogen and oxygen atoms in total. The summed E-state index contributed by atoms with van der Waals surface area (Å²) in [6.07, 6.45) is 0.952. The summed E-state index contributed by atoms with van der Waals surface area (Å²) in [6.45, 7) is 5.02. The molecule has 3 aromatic carbocycles. The molecule has 0 aliphatic carbocycles. The lowest BCUT2D eigenvalue weighted by Crippen LogP contribution is -2.42. The third-order valence-electron chi connectivity index (χ3n) is 5.96. The second-order valence-electron chi connectivity index (χ2n) is 8.41. The minimum atomic E-state index is -0.402. The number of carbonyl (C=O) groups excluding carboxylic acids is 1. The Hall–Kier alpha value is -3.05. The molecule has 0 saturated carbocycles. The van der Waals surface area contributed by atoms with Crippen LogP contribution < -0.4 is 4.74 Å². The number of para-hydroxylation sites is 3. The van der Waals surface area contributed by atoms with Crippen molar-refractivity contribution < 1.29 is 9.53 Å². The number of amides is 1. The third kappa shape index (κ3) is 3.82. The summed E-state index contributed by atoms with van der Waals surface area (Å²) in [6, 6.07) is 23.9. The second-order valence-corrected chi connectivity index (χ2v) is 9.47. The zero-order valence-corrected chi connectivity index (χ0v) is 19.1. The lowest BCUT2D eigenvalue weighted by molar-refractivity contribution is -0.128. The van der Waals surface area contributed by atoms with Crippen molar-refractivity contribution in [3.63, 3.8) is 0 Å². The number of carbonyl (C=O) groups is 1. The maximum absolute atomic E-state index is 14.1. The van der Waals surface area contributed by atoms with Crippen LogP contribution in [0, 0.1) is 0 Å². The largest absolute Gasteiger partial charge is 0.457 e. The van der Waals surface area contributed by atoms with Gasteiger partial charge in [-0.1, -0.05) is 80.2 Å². The van der Waals surface area contributed by atoms with E-state index in [1.807, 2.05) is 71.6 Å². The van der Waals surface area contributed by atoms with Crippen LogP contribution in [-0.2, 0) is 4.79 Å². The number of amidine groups is 1. The van der Waals surface area contributed by atoms with Gasteiger partial charge in [0.15, 0.2) is 5.17 Å². The highest BCUT2D eigenvalue weighted by Crippen LogP contribution is 2.45. The first-order valence-electron chi connectivity index (χ1n) is 11.1. The van der Waals surface area contributed by atoms with E-state index in [9.17, 15) is 4.79 Å². The van der Waals surface area contributed by atoms with Crippen LogP contribution in [0.3, 0.4) is 0 Å². The molecule has 0 atom stereocenters. The fourth-order valence-electron chi connectivity index (χ4n) is 4.37. The van der Waals surface area contributed by atoms with Crippen LogP contribution in [0.4, 0.5) is 5.69 Å². The van der Waals surface area contributed by atoms with E-state index in [-0.39, 0.29) is 5.91 Å². The molecule has 5 rings (SSSR count). The molecule has 0 N–H and O–H groups in total. The lowest BCUT2D eigenvalue weighted by Gasteiger charge is -2.34. The number of aliphatic imine (C=N–C) groups is 1. The highest BCUT2D eigenvalue weighted by molar-refractivity contribution is 8.13. The summed E-state index contributed by atoms with van der Waals surface area (Å²) in [5.41, 5.74) is 3.96. The number of hydrogen-bond acceptors (Lipinski definition) is 4. The van der Waals surface area contributed by atoms with Crippen molar-refractivity contribution in [2.45, 2.75) is 32.1 Å². The van der Waals surface area contributed by atoms with Crippen molar-refractivity contribution in [1.29, 1.82) is 0 Å². The molecule has 1 fully saturated rings. The zero-order valence-electron chi connectivity index (χ0n) is 18.3. The van der Waals surface area contributed by atoms with E-state index in [1.54, 1.807) is 11.8 Å². The SMILES string of the molecule is CC(C)c1ccccc1N=C1SCCCN1C(=O)C1c2ccccc2Oc2ccccc21. The highest BCUT2D eigenvalue weighted by Gasteiger charge is 2.37. The fraction of sp³-hybridized carbons (Fsp3) is 0.259. The predicted octanol–water partition coefficient (Wildman–Crippen LogP) is 6.70. The Balaban J connectivity index is 1.57. The van der Waals surface area contributed by atoms with Gasteiger partial charge in [-0.3, -0.25) is 9.69 Å². The molecular weight excluding hydrogens is 416 g/mol. The standard InChI is InChI=1S/C27H26N2O2S/c1-18(2)19-10-3-6-13-22(19)28-27-29(16-9-17-32-27)26(30)25-20-11-4-7-14-23(20)31-24-15-8-5-12-21(24)25/h3-8,10-15,18,25H,9,16-17H2,1-2H3. The van der Waals surface area contributed by atoms with E-state index in [4.69, 9.17) is 9.73 Å². The first-order valence-corrected chi connectivity index (χ1v) is 12.1. The number of thioether (sulfide) groups is 1. The smallest absolute Gasteiger partial charge is 0.240 e. The topological polar surface area (TPSA) is 41.9 Å². The van der Waals surface area contributed by atoms with Gasteiger partial charge in [0.1, 0.15) is 11.5 Å². The van der Waals surface area contributed by atoms with Crippen molar-refractivity contribution in [3.8, 4) is 11.5 Å². The summed E-state index contributed by atoms with van der Waals surface area (Å²) >= 11 is 1.67. The fourth-order valence-corrected chi connectivity index (χ4v) is 5.33. The van der Waals surface area contributed by atoms with Gasteiger partial charge in [0.05, 0.1) is 11.6 Å². The summed E-state index contributed by atoms with van der Waals surface area (Å²) in [4.78, 5) is 21.0. The number of nitrogens with zero attached hydrogens (tertiary/aromatic N) is 2. The minimum absolute atomic E-state index is 0.0566. The van der Waals surface area contributed by atoms with Gasteiger partial charge in [-0.2, -0.15) is 0 Å². The normalized spacial score (nSPS) is 17.1. The second kappa shape index (κ2) is 8.83. The van der Waals surface area contributed by atoms with Crippen LogP contribution >= 0.6 is 11.8 Å². The summed E-state index contributed by atoms with van der Waals surface area (Å²) < 4.78 is 6.10. The maximum atomic E-state index is 14.1. The Bertz CT molecular complexity index is 1140. The lowest BCUT2D eigenvalue weighted by atomic mass is 9.87. The average molecular weight is 443 g/mol. The molecule has 2 aliphatic heterocycles. The molecule has 3 aromatic rings. The molecule has 0 aromatic heterocycles. The molecule has 0 spiro atoms. The molecule has 0 unspecified atom stereocenters. The highest BCUT2D eigenvalue weighted by atomic mass is 32.2. The van der Waals surface area contributed by atoms with Gasteiger partial charge in [0.25, 0.3) is 0 Å². The van der Waals surface area contributed by atoms with Crippen LogP contribution in [0.1, 0.15) is 48.8 Å². The summed E-state index contributed by atoms with van der Waals surface area (Å²) in [5, 5.41) is 0.788. The van der Waals surface area contributed by atoms with Gasteiger partial charge in [-0.05, 0) is 36.1 Å². The van der Waals surface area contributed by atoms with Gasteiger partial charge >= 0.3 is 0 Å². The molecule has 32 heavy (non-hydrogen) atoms. The van der Waals surface area contributed by atoms with Gasteiger partial charge in [0.2, 0.25) is 5.91 Å². The van der Waals surface area contributed by atoms with E-state index in [0.717, 1.165) is 45.7 Å². The van der Waals surface area contributed by atoms with Crippen molar-refractivity contribution in [2.75, 3.05) is 12.3 Å². The number of fused-ring (bicyclic) bond motifs is 2. The third-order valence-corrected chi connectivity index (χ3v) is 7.02. The molecular formula is C27H26N2O2S. The Morgan fingerprint density at radius 2 is 1.59 bits per heavy atom. The average Bonchev–Trinajstić information content (AvgIpc) is 2.82. The first kappa shape index (κ1) is 20.8. The van der Waals surface area contributed by atoms with E-state index >= 15 is 0 Å². The predicted molar refractivity (Wildman–Crippen MR) is 131 cm³/mol. The van der Waals surface area contributed by atoms with Crippen LogP contribution in [0.15, 0.2) is 77.8 Å². The van der Waals surface area contributed by atoms with Crippen molar-refractivity contribution >= 4 is 28.5 Å².